The first-order valence-corrected chi connectivity index (χ1v) is 7.69. The van der Waals surface area contributed by atoms with Gasteiger partial charge in [-0.3, -0.25) is 4.79 Å². The molecule has 1 N–H and O–H groups in total. The van der Waals surface area contributed by atoms with Crippen molar-refractivity contribution in [1.82, 2.24) is 5.32 Å². The maximum Gasteiger partial charge on any atom is 0.251 e. The summed E-state index contributed by atoms with van der Waals surface area (Å²) in [6.45, 7) is 1.49. The molecule has 0 spiro atoms. The maximum absolute atomic E-state index is 11.9. The second-order valence-corrected chi connectivity index (χ2v) is 5.92. The molecule has 2 rings (SSSR count). The van der Waals surface area contributed by atoms with Crippen molar-refractivity contribution in [2.75, 3.05) is 13.2 Å². The van der Waals surface area contributed by atoms with E-state index in [0.29, 0.717) is 23.2 Å². The monoisotopic (exact) mass is 345 g/mol. The highest BCUT2D eigenvalue weighted by atomic mass is 79.9. The molecule has 1 aromatic rings. The van der Waals surface area contributed by atoms with Crippen LogP contribution >= 0.6 is 27.5 Å². The number of carbonyl (C=O) groups excluding carboxylic acids is 1. The smallest absolute Gasteiger partial charge is 0.251 e. The molecule has 104 valence electrons. The van der Waals surface area contributed by atoms with E-state index in [9.17, 15) is 4.79 Å². The van der Waals surface area contributed by atoms with Crippen molar-refractivity contribution in [3.63, 3.8) is 0 Å². The fourth-order valence-corrected chi connectivity index (χ4v) is 2.62. The molecule has 1 fully saturated rings. The minimum atomic E-state index is -0.0758. The van der Waals surface area contributed by atoms with Crippen LogP contribution in [-0.4, -0.2) is 25.2 Å². The van der Waals surface area contributed by atoms with Gasteiger partial charge in [0.05, 0.1) is 11.1 Å². The summed E-state index contributed by atoms with van der Waals surface area (Å²) in [6, 6.07) is 5.17. The zero-order valence-electron chi connectivity index (χ0n) is 10.6. The van der Waals surface area contributed by atoms with Crippen LogP contribution in [0.1, 0.15) is 36.0 Å². The summed E-state index contributed by atoms with van der Waals surface area (Å²) in [5, 5.41) is 3.51. The lowest BCUT2D eigenvalue weighted by Gasteiger charge is -2.22. The van der Waals surface area contributed by atoms with Crippen LogP contribution < -0.4 is 5.32 Å². The van der Waals surface area contributed by atoms with Crippen molar-refractivity contribution in [2.45, 2.75) is 31.8 Å². The van der Waals surface area contributed by atoms with E-state index in [1.54, 1.807) is 18.2 Å². The molecule has 19 heavy (non-hydrogen) atoms. The van der Waals surface area contributed by atoms with Crippen LogP contribution in [0.25, 0.3) is 0 Å². The first-order valence-electron chi connectivity index (χ1n) is 6.51. The topological polar surface area (TPSA) is 38.3 Å². The molecule has 1 unspecified atom stereocenters. The number of halogens is 2. The van der Waals surface area contributed by atoms with Gasteiger partial charge in [0.25, 0.3) is 5.91 Å². The Kier molecular flexibility index (Phi) is 5.67. The van der Waals surface area contributed by atoms with Gasteiger partial charge in [0, 0.05) is 23.2 Å². The Labute approximate surface area is 126 Å². The lowest BCUT2D eigenvalue weighted by atomic mass is 10.1. The minimum Gasteiger partial charge on any atom is -0.378 e. The highest BCUT2D eigenvalue weighted by Crippen LogP contribution is 2.23. The fourth-order valence-electron chi connectivity index (χ4n) is 2.12. The molecule has 0 saturated carbocycles. The van der Waals surface area contributed by atoms with E-state index in [1.165, 1.54) is 6.42 Å². The summed E-state index contributed by atoms with van der Waals surface area (Å²) in [4.78, 5) is 11.9. The van der Waals surface area contributed by atoms with Gasteiger partial charge in [-0.25, -0.2) is 0 Å². The molecule has 1 saturated heterocycles. The van der Waals surface area contributed by atoms with Crippen LogP contribution in [-0.2, 0) is 4.74 Å². The largest absolute Gasteiger partial charge is 0.378 e. The second kappa shape index (κ2) is 7.27. The van der Waals surface area contributed by atoms with E-state index in [4.69, 9.17) is 16.3 Å². The Morgan fingerprint density at radius 2 is 2.32 bits per heavy atom. The third kappa shape index (κ3) is 4.48. The third-order valence-electron chi connectivity index (χ3n) is 3.21. The highest BCUT2D eigenvalue weighted by molar-refractivity contribution is 9.10. The molecule has 1 aliphatic heterocycles. The van der Waals surface area contributed by atoms with Crippen LogP contribution in [0.2, 0.25) is 5.02 Å². The first-order chi connectivity index (χ1) is 9.16. The molecule has 0 bridgehead atoms. The van der Waals surface area contributed by atoms with Gasteiger partial charge in [0.2, 0.25) is 0 Å². The summed E-state index contributed by atoms with van der Waals surface area (Å²) < 4.78 is 6.36. The van der Waals surface area contributed by atoms with Crippen molar-refractivity contribution >= 4 is 33.4 Å². The van der Waals surface area contributed by atoms with E-state index < -0.39 is 0 Å². The van der Waals surface area contributed by atoms with Crippen LogP contribution in [0, 0.1) is 0 Å². The summed E-state index contributed by atoms with van der Waals surface area (Å²) in [5.41, 5.74) is 0.612. The second-order valence-electron chi connectivity index (χ2n) is 4.66. The van der Waals surface area contributed by atoms with Gasteiger partial charge >= 0.3 is 0 Å². The Hall–Kier alpha value is -0.580. The van der Waals surface area contributed by atoms with Crippen LogP contribution in [0.15, 0.2) is 22.7 Å². The summed E-state index contributed by atoms with van der Waals surface area (Å²) in [7, 11) is 0. The Bertz CT molecular complexity index is 447. The number of hydrogen-bond donors (Lipinski definition) is 1. The molecule has 0 aliphatic carbocycles. The molecule has 0 aromatic heterocycles. The number of rotatable bonds is 4. The van der Waals surface area contributed by atoms with E-state index in [1.807, 2.05) is 0 Å². The van der Waals surface area contributed by atoms with E-state index in [-0.39, 0.29) is 5.91 Å². The van der Waals surface area contributed by atoms with E-state index >= 15 is 0 Å². The number of amides is 1. The summed E-state index contributed by atoms with van der Waals surface area (Å²) >= 11 is 9.21. The predicted octanol–water partition coefficient (Wildman–Crippen LogP) is 3.79. The highest BCUT2D eigenvalue weighted by Gasteiger charge is 2.14. The normalized spacial score (nSPS) is 19.2. The lowest BCUT2D eigenvalue weighted by molar-refractivity contribution is 0.0117. The molecule has 3 nitrogen and oxygen atoms in total. The van der Waals surface area contributed by atoms with Crippen molar-refractivity contribution in [2.24, 2.45) is 0 Å². The van der Waals surface area contributed by atoms with Gasteiger partial charge in [0.1, 0.15) is 0 Å². The van der Waals surface area contributed by atoms with Crippen molar-refractivity contribution in [3.8, 4) is 0 Å². The summed E-state index contributed by atoms with van der Waals surface area (Å²) in [5.74, 6) is -0.0758. The molecule has 1 aliphatic rings. The van der Waals surface area contributed by atoms with Crippen molar-refractivity contribution in [1.29, 1.82) is 0 Å². The number of nitrogens with one attached hydrogen (secondary N) is 1. The molecule has 1 aromatic carbocycles. The number of ether oxygens (including phenoxy) is 1. The molecule has 1 heterocycles. The van der Waals surface area contributed by atoms with Gasteiger partial charge in [0.15, 0.2) is 0 Å². The van der Waals surface area contributed by atoms with Gasteiger partial charge in [-0.1, -0.05) is 11.6 Å². The van der Waals surface area contributed by atoms with Gasteiger partial charge in [-0.2, -0.15) is 0 Å². The fraction of sp³-hybridized carbons (Fsp3) is 0.500. The van der Waals surface area contributed by atoms with Gasteiger partial charge in [-0.15, -0.1) is 0 Å². The Balaban J connectivity index is 1.78. The molecule has 1 amide bonds. The summed E-state index contributed by atoms with van der Waals surface area (Å²) in [6.07, 6.45) is 4.65. The van der Waals surface area contributed by atoms with E-state index in [2.05, 4.69) is 21.2 Å². The molecular formula is C14H17BrClNO2. The zero-order chi connectivity index (χ0) is 13.7. The first kappa shape index (κ1) is 14.8. The molecule has 0 radical (unpaired) electrons. The number of hydrogen-bond acceptors (Lipinski definition) is 2. The quantitative estimate of drug-likeness (QED) is 0.900. The zero-order valence-corrected chi connectivity index (χ0v) is 13.0. The minimum absolute atomic E-state index is 0.0758. The van der Waals surface area contributed by atoms with Gasteiger partial charge in [-0.05, 0) is 59.8 Å². The van der Waals surface area contributed by atoms with Crippen LogP contribution in [0.5, 0.6) is 0 Å². The average molecular weight is 347 g/mol. The standard InChI is InChI=1S/C14H17BrClNO2/c15-12-9-10(4-5-13(12)16)14(18)17-7-6-11-3-1-2-8-19-11/h4-5,9,11H,1-3,6-8H2,(H,17,18). The SMILES string of the molecule is O=C(NCCC1CCCCO1)c1ccc(Cl)c(Br)c1. The van der Waals surface area contributed by atoms with E-state index in [0.717, 1.165) is 30.3 Å². The third-order valence-corrected chi connectivity index (χ3v) is 4.42. The maximum atomic E-state index is 11.9. The number of carbonyl (C=O) groups is 1. The average Bonchev–Trinajstić information content (AvgIpc) is 2.43. The Morgan fingerprint density at radius 1 is 1.47 bits per heavy atom. The number of benzene rings is 1. The predicted molar refractivity (Wildman–Crippen MR) is 79.7 cm³/mol. The molecule has 5 heteroatoms. The lowest BCUT2D eigenvalue weighted by Crippen LogP contribution is -2.29. The van der Waals surface area contributed by atoms with Crippen LogP contribution in [0.4, 0.5) is 0 Å². The Morgan fingerprint density at radius 3 is 3.00 bits per heavy atom. The molecule has 1 atom stereocenters. The van der Waals surface area contributed by atoms with Crippen molar-refractivity contribution in [3.05, 3.63) is 33.3 Å². The van der Waals surface area contributed by atoms with Crippen LogP contribution in [0.3, 0.4) is 0 Å². The van der Waals surface area contributed by atoms with Gasteiger partial charge < -0.3 is 10.1 Å². The van der Waals surface area contributed by atoms with Crippen molar-refractivity contribution < 1.29 is 9.53 Å². The molecular weight excluding hydrogens is 330 g/mol.